The molecule has 1 heterocycles. The fraction of sp³-hybridized carbons (Fsp3) is 0.143. The number of nitriles is 1. The first kappa shape index (κ1) is 18.2. The summed E-state index contributed by atoms with van der Waals surface area (Å²) < 4.78 is 24.0. The van der Waals surface area contributed by atoms with Crippen molar-refractivity contribution in [2.75, 3.05) is 0 Å². The first-order valence-corrected chi connectivity index (χ1v) is 8.26. The Labute approximate surface area is 156 Å². The number of allylic oxidation sites excluding steroid dienone is 2. The number of nitrogens with zero attached hydrogens (tertiary/aromatic N) is 1. The number of rotatable bonds is 4. The molecule has 2 aromatic rings. The maximum absolute atomic E-state index is 13.3. The molecule has 0 saturated carbocycles. The minimum absolute atomic E-state index is 0.0586. The van der Waals surface area contributed by atoms with Crippen LogP contribution >= 0.6 is 0 Å². The molecule has 2 N–H and O–H groups in total. The van der Waals surface area contributed by atoms with Gasteiger partial charge in [0.25, 0.3) is 0 Å². The number of hydrogen-bond donors (Lipinski definition) is 1. The van der Waals surface area contributed by atoms with Gasteiger partial charge in [-0.2, -0.15) is 5.26 Å². The molecule has 0 spiro atoms. The standard InChI is InChI=1S/C21H17FN2O3/c1-13-18(15-7-9-16(22)10-8-15)17(11-23)20(24)27-19(13)21(25)26-12-14-5-3-2-4-6-14/h2-10,18H,12,24H2,1H3/t18-/m1/s1. The maximum atomic E-state index is 13.3. The molecule has 0 amide bonds. The van der Waals surface area contributed by atoms with Gasteiger partial charge in [-0.3, -0.25) is 0 Å². The van der Waals surface area contributed by atoms with Crippen LogP contribution in [-0.4, -0.2) is 5.97 Å². The maximum Gasteiger partial charge on any atom is 0.374 e. The number of halogens is 1. The van der Waals surface area contributed by atoms with Gasteiger partial charge in [-0.05, 0) is 35.8 Å². The Morgan fingerprint density at radius 3 is 2.52 bits per heavy atom. The number of carbonyl (C=O) groups excluding carboxylic acids is 1. The third kappa shape index (κ3) is 3.82. The molecular formula is C21H17FN2O3. The van der Waals surface area contributed by atoms with Crippen LogP contribution in [0.5, 0.6) is 0 Å². The minimum Gasteiger partial charge on any atom is -0.455 e. The average molecular weight is 364 g/mol. The van der Waals surface area contributed by atoms with Gasteiger partial charge in [0.15, 0.2) is 0 Å². The van der Waals surface area contributed by atoms with E-state index in [4.69, 9.17) is 15.2 Å². The summed E-state index contributed by atoms with van der Waals surface area (Å²) >= 11 is 0. The molecule has 2 aromatic carbocycles. The smallest absolute Gasteiger partial charge is 0.374 e. The van der Waals surface area contributed by atoms with Crippen LogP contribution in [0.25, 0.3) is 0 Å². The van der Waals surface area contributed by atoms with Gasteiger partial charge in [0.05, 0.1) is 0 Å². The van der Waals surface area contributed by atoms with Gasteiger partial charge in [0.1, 0.15) is 24.1 Å². The van der Waals surface area contributed by atoms with Crippen LogP contribution < -0.4 is 5.73 Å². The zero-order chi connectivity index (χ0) is 19.4. The molecule has 27 heavy (non-hydrogen) atoms. The molecule has 0 radical (unpaired) electrons. The topological polar surface area (TPSA) is 85.3 Å². The highest BCUT2D eigenvalue weighted by Gasteiger charge is 2.33. The van der Waals surface area contributed by atoms with Gasteiger partial charge in [-0.15, -0.1) is 0 Å². The Balaban J connectivity index is 1.90. The zero-order valence-electron chi connectivity index (χ0n) is 14.6. The molecule has 0 bridgehead atoms. The van der Waals surface area contributed by atoms with E-state index in [1.807, 2.05) is 36.4 Å². The predicted octanol–water partition coefficient (Wildman–Crippen LogP) is 3.65. The second kappa shape index (κ2) is 7.75. The first-order valence-electron chi connectivity index (χ1n) is 8.26. The quantitative estimate of drug-likeness (QED) is 0.837. The SMILES string of the molecule is CC1=C(C(=O)OCc2ccccc2)OC(N)=C(C#N)[C@H]1c1ccc(F)cc1. The lowest BCUT2D eigenvalue weighted by Crippen LogP contribution is -2.24. The van der Waals surface area contributed by atoms with E-state index < -0.39 is 17.7 Å². The number of hydrogen-bond acceptors (Lipinski definition) is 5. The zero-order valence-corrected chi connectivity index (χ0v) is 14.6. The van der Waals surface area contributed by atoms with E-state index >= 15 is 0 Å². The molecule has 1 aliphatic heterocycles. The van der Waals surface area contributed by atoms with Crippen LogP contribution in [0, 0.1) is 17.1 Å². The van der Waals surface area contributed by atoms with Crippen molar-refractivity contribution in [3.05, 3.63) is 94.3 Å². The first-order chi connectivity index (χ1) is 13.0. The highest BCUT2D eigenvalue weighted by atomic mass is 19.1. The normalized spacial score (nSPS) is 16.6. The van der Waals surface area contributed by atoms with Gasteiger partial charge in [-0.1, -0.05) is 42.5 Å². The van der Waals surface area contributed by atoms with E-state index in [9.17, 15) is 14.4 Å². The Morgan fingerprint density at radius 2 is 1.89 bits per heavy atom. The summed E-state index contributed by atoms with van der Waals surface area (Å²) in [7, 11) is 0. The molecule has 1 atom stereocenters. The van der Waals surface area contributed by atoms with Crippen molar-refractivity contribution in [1.82, 2.24) is 0 Å². The summed E-state index contributed by atoms with van der Waals surface area (Å²) in [6, 6.07) is 16.9. The summed E-state index contributed by atoms with van der Waals surface area (Å²) in [4.78, 5) is 12.5. The van der Waals surface area contributed by atoms with Crippen LogP contribution in [0.4, 0.5) is 4.39 Å². The molecule has 0 aromatic heterocycles. The summed E-state index contributed by atoms with van der Waals surface area (Å²) in [5.74, 6) is -1.90. The Bertz CT molecular complexity index is 957. The molecule has 0 aliphatic carbocycles. The van der Waals surface area contributed by atoms with E-state index in [0.29, 0.717) is 11.1 Å². The van der Waals surface area contributed by atoms with Crippen molar-refractivity contribution >= 4 is 5.97 Å². The van der Waals surface area contributed by atoms with Crippen LogP contribution in [-0.2, 0) is 20.9 Å². The molecule has 3 rings (SSSR count). The fourth-order valence-corrected chi connectivity index (χ4v) is 2.92. The summed E-state index contributed by atoms with van der Waals surface area (Å²) in [6.45, 7) is 1.74. The van der Waals surface area contributed by atoms with Gasteiger partial charge < -0.3 is 15.2 Å². The number of ether oxygens (including phenoxy) is 2. The average Bonchev–Trinajstić information content (AvgIpc) is 2.69. The highest BCUT2D eigenvalue weighted by molar-refractivity contribution is 5.88. The molecule has 136 valence electrons. The lowest BCUT2D eigenvalue weighted by Gasteiger charge is -2.26. The van der Waals surface area contributed by atoms with E-state index in [-0.39, 0.29) is 23.8 Å². The van der Waals surface area contributed by atoms with Crippen LogP contribution in [0.15, 0.2) is 77.4 Å². The van der Waals surface area contributed by atoms with Crippen molar-refractivity contribution in [3.8, 4) is 6.07 Å². The van der Waals surface area contributed by atoms with E-state index in [2.05, 4.69) is 0 Å². The number of nitrogens with two attached hydrogens (primary N) is 1. The molecule has 0 saturated heterocycles. The predicted molar refractivity (Wildman–Crippen MR) is 96.0 cm³/mol. The molecule has 5 nitrogen and oxygen atoms in total. The van der Waals surface area contributed by atoms with E-state index in [1.165, 1.54) is 12.1 Å². The monoisotopic (exact) mass is 364 g/mol. The molecule has 0 fully saturated rings. The third-order valence-corrected chi connectivity index (χ3v) is 4.28. The van der Waals surface area contributed by atoms with Crippen molar-refractivity contribution in [1.29, 1.82) is 5.26 Å². The summed E-state index contributed by atoms with van der Waals surface area (Å²) in [5, 5.41) is 9.46. The minimum atomic E-state index is -0.677. The molecule has 1 aliphatic rings. The summed E-state index contributed by atoms with van der Waals surface area (Å²) in [5.41, 5.74) is 7.97. The Hall–Kier alpha value is -3.59. The second-order valence-electron chi connectivity index (χ2n) is 6.05. The molecular weight excluding hydrogens is 347 g/mol. The molecule has 6 heteroatoms. The van der Waals surface area contributed by atoms with Crippen LogP contribution in [0.1, 0.15) is 24.0 Å². The van der Waals surface area contributed by atoms with Gasteiger partial charge in [0, 0.05) is 5.92 Å². The largest absolute Gasteiger partial charge is 0.455 e. The highest BCUT2D eigenvalue weighted by Crippen LogP contribution is 2.39. The van der Waals surface area contributed by atoms with Crippen LogP contribution in [0.3, 0.4) is 0 Å². The summed E-state index contributed by atoms with van der Waals surface area (Å²) in [6.07, 6.45) is 0. The Morgan fingerprint density at radius 1 is 1.22 bits per heavy atom. The number of esters is 1. The molecule has 0 unspecified atom stereocenters. The Kier molecular flexibility index (Phi) is 5.23. The van der Waals surface area contributed by atoms with E-state index in [1.54, 1.807) is 19.1 Å². The van der Waals surface area contributed by atoms with Gasteiger partial charge in [0.2, 0.25) is 11.6 Å². The lowest BCUT2D eigenvalue weighted by molar-refractivity contribution is -0.144. The lowest BCUT2D eigenvalue weighted by atomic mass is 9.84. The van der Waals surface area contributed by atoms with Crippen molar-refractivity contribution < 1.29 is 18.7 Å². The van der Waals surface area contributed by atoms with Gasteiger partial charge >= 0.3 is 5.97 Å². The van der Waals surface area contributed by atoms with Gasteiger partial charge in [-0.25, -0.2) is 9.18 Å². The van der Waals surface area contributed by atoms with E-state index in [0.717, 1.165) is 5.56 Å². The number of carbonyl (C=O) groups is 1. The fourth-order valence-electron chi connectivity index (χ4n) is 2.92. The number of benzene rings is 2. The second-order valence-corrected chi connectivity index (χ2v) is 6.05. The third-order valence-electron chi connectivity index (χ3n) is 4.28. The van der Waals surface area contributed by atoms with Crippen molar-refractivity contribution in [2.24, 2.45) is 5.73 Å². The van der Waals surface area contributed by atoms with Crippen molar-refractivity contribution in [2.45, 2.75) is 19.4 Å². The van der Waals surface area contributed by atoms with Crippen molar-refractivity contribution in [3.63, 3.8) is 0 Å². The van der Waals surface area contributed by atoms with Crippen LogP contribution in [0.2, 0.25) is 0 Å².